The molecule has 1 aromatic carbocycles. The third kappa shape index (κ3) is 17.7. The van der Waals surface area contributed by atoms with Crippen LogP contribution in [-0.4, -0.2) is 61.1 Å². The monoisotopic (exact) mass is 545 g/mol. The van der Waals surface area contributed by atoms with Crippen LogP contribution in [0.2, 0.25) is 0 Å². The number of halogens is 3. The maximum absolute atomic E-state index is 12.5. The van der Waals surface area contributed by atoms with E-state index in [1.807, 2.05) is 6.92 Å². The minimum absolute atomic E-state index is 0.147. The number of alkyl halides is 3. The number of rotatable bonds is 23. The van der Waals surface area contributed by atoms with Crippen molar-refractivity contribution in [2.24, 2.45) is 0 Å². The van der Waals surface area contributed by atoms with Gasteiger partial charge in [-0.3, -0.25) is 9.69 Å². The summed E-state index contributed by atoms with van der Waals surface area (Å²) >= 11 is 0. The summed E-state index contributed by atoms with van der Waals surface area (Å²) in [7, 11) is 0. The average Bonchev–Trinajstić information content (AvgIpc) is 2.88. The lowest BCUT2D eigenvalue weighted by Gasteiger charge is -2.22. The van der Waals surface area contributed by atoms with E-state index in [1.165, 1.54) is 57.8 Å². The largest absolute Gasteiger partial charge is 0.492 e. The molecule has 8 heteroatoms. The first-order chi connectivity index (χ1) is 18.3. The number of benzene rings is 1. The van der Waals surface area contributed by atoms with Crippen molar-refractivity contribution in [2.75, 3.05) is 32.8 Å². The second kappa shape index (κ2) is 21.1. The maximum atomic E-state index is 12.5. The van der Waals surface area contributed by atoms with Gasteiger partial charge in [-0.05, 0) is 63.4 Å². The van der Waals surface area contributed by atoms with Crippen LogP contribution in [0.15, 0.2) is 24.3 Å². The minimum Gasteiger partial charge on any atom is -0.492 e. The molecule has 0 amide bonds. The van der Waals surface area contributed by atoms with Gasteiger partial charge in [0.25, 0.3) is 0 Å². The summed E-state index contributed by atoms with van der Waals surface area (Å²) in [5, 5.41) is 9.16. The van der Waals surface area contributed by atoms with E-state index >= 15 is 0 Å². The first kappa shape index (κ1) is 34.2. The molecule has 38 heavy (non-hydrogen) atoms. The van der Waals surface area contributed by atoms with Crippen LogP contribution in [0.1, 0.15) is 103 Å². The van der Waals surface area contributed by atoms with Gasteiger partial charge in [0.2, 0.25) is 0 Å². The Labute approximate surface area is 228 Å². The molecule has 0 aromatic heterocycles. The van der Waals surface area contributed by atoms with Crippen LogP contribution in [-0.2, 0) is 16.0 Å². The fourth-order valence-electron chi connectivity index (χ4n) is 4.35. The summed E-state index contributed by atoms with van der Waals surface area (Å²) in [4.78, 5) is 14.0. The van der Waals surface area contributed by atoms with Gasteiger partial charge in [0.15, 0.2) is 0 Å². The van der Waals surface area contributed by atoms with Crippen molar-refractivity contribution < 1.29 is 32.5 Å². The van der Waals surface area contributed by atoms with Gasteiger partial charge in [-0.2, -0.15) is 13.2 Å². The lowest BCUT2D eigenvalue weighted by atomic mass is 10.1. The van der Waals surface area contributed by atoms with Gasteiger partial charge < -0.3 is 14.6 Å². The molecule has 1 atom stereocenters. The van der Waals surface area contributed by atoms with Crippen LogP contribution in [0.4, 0.5) is 13.2 Å². The molecule has 1 N–H and O–H groups in total. The number of hydrogen-bond donors (Lipinski definition) is 1. The summed E-state index contributed by atoms with van der Waals surface area (Å²) in [6.07, 6.45) is 6.94. The van der Waals surface area contributed by atoms with E-state index in [-0.39, 0.29) is 18.8 Å². The van der Waals surface area contributed by atoms with Crippen molar-refractivity contribution in [1.29, 1.82) is 0 Å². The highest BCUT2D eigenvalue weighted by molar-refractivity contribution is 5.69. The van der Waals surface area contributed by atoms with E-state index in [4.69, 9.17) is 14.6 Å². The molecule has 0 saturated heterocycles. The van der Waals surface area contributed by atoms with E-state index in [0.717, 1.165) is 38.0 Å². The number of carbonyl (C=O) groups is 1. The average molecular weight is 546 g/mol. The second-order valence-corrected chi connectivity index (χ2v) is 10.0. The van der Waals surface area contributed by atoms with Gasteiger partial charge in [0.1, 0.15) is 18.5 Å². The molecular weight excluding hydrogens is 495 g/mol. The molecule has 0 heterocycles. The number of ether oxygens (including phenoxy) is 2. The molecular formula is C30H50F3NO4. The summed E-state index contributed by atoms with van der Waals surface area (Å²) in [5.74, 6) is 0.501. The van der Waals surface area contributed by atoms with Crippen molar-refractivity contribution >= 4 is 5.97 Å². The number of aliphatic hydroxyl groups is 1. The predicted molar refractivity (Wildman–Crippen MR) is 146 cm³/mol. The summed E-state index contributed by atoms with van der Waals surface area (Å²) in [5.41, 5.74) is 0.724. The Morgan fingerprint density at radius 1 is 0.868 bits per heavy atom. The zero-order valence-corrected chi connectivity index (χ0v) is 23.6. The molecule has 0 spiro atoms. The van der Waals surface area contributed by atoms with Crippen LogP contribution >= 0.6 is 0 Å². The number of nitrogens with zero attached hydrogens (tertiary/aromatic N) is 1. The number of hydrogen-bond acceptors (Lipinski definition) is 5. The van der Waals surface area contributed by atoms with Crippen molar-refractivity contribution in [3.05, 3.63) is 29.8 Å². The molecule has 0 aliphatic rings. The highest BCUT2D eigenvalue weighted by Gasteiger charge is 2.37. The quantitative estimate of drug-likeness (QED) is 0.114. The Morgan fingerprint density at radius 3 is 2.03 bits per heavy atom. The Bertz CT molecular complexity index is 712. The molecule has 1 rings (SSSR count). The van der Waals surface area contributed by atoms with Crippen LogP contribution in [0.3, 0.4) is 0 Å². The summed E-state index contributed by atoms with van der Waals surface area (Å²) in [6.45, 7) is 7.44. The van der Waals surface area contributed by atoms with Gasteiger partial charge in [0, 0.05) is 13.0 Å². The molecule has 220 valence electrons. The van der Waals surface area contributed by atoms with Crippen LogP contribution in [0.5, 0.6) is 5.75 Å². The first-order valence-electron chi connectivity index (χ1n) is 14.6. The molecule has 0 radical (unpaired) electrons. The second-order valence-electron chi connectivity index (χ2n) is 10.0. The lowest BCUT2D eigenvalue weighted by molar-refractivity contribution is -0.205. The zero-order valence-electron chi connectivity index (χ0n) is 23.6. The molecule has 1 unspecified atom stereocenters. The van der Waals surface area contributed by atoms with Crippen LogP contribution in [0.25, 0.3) is 0 Å². The van der Waals surface area contributed by atoms with E-state index in [9.17, 15) is 18.0 Å². The number of unbranched alkanes of at least 4 members (excludes halogenated alkanes) is 9. The molecule has 0 fully saturated rings. The van der Waals surface area contributed by atoms with Crippen LogP contribution in [0, 0.1) is 0 Å². The lowest BCUT2D eigenvalue weighted by Crippen LogP contribution is -2.31. The molecule has 0 bridgehead atoms. The Balaban J connectivity index is 2.36. The molecule has 0 saturated carbocycles. The topological polar surface area (TPSA) is 59.0 Å². The SMILES string of the molecule is CCCCCCCCCCCCN(CCCC(=O)OCC)CCOc1ccc(CCC(O)C(F)(F)F)cc1. The highest BCUT2D eigenvalue weighted by Crippen LogP contribution is 2.24. The fourth-order valence-corrected chi connectivity index (χ4v) is 4.35. The fraction of sp³-hybridized carbons (Fsp3) is 0.767. The Hall–Kier alpha value is -1.80. The maximum Gasteiger partial charge on any atom is 0.414 e. The van der Waals surface area contributed by atoms with Gasteiger partial charge in [-0.25, -0.2) is 0 Å². The number of aliphatic hydroxyl groups excluding tert-OH is 1. The number of aryl methyl sites for hydroxylation is 1. The smallest absolute Gasteiger partial charge is 0.414 e. The van der Waals surface area contributed by atoms with E-state index < -0.39 is 12.3 Å². The van der Waals surface area contributed by atoms with Gasteiger partial charge in [-0.1, -0.05) is 76.8 Å². The third-order valence-corrected chi connectivity index (χ3v) is 6.67. The highest BCUT2D eigenvalue weighted by atomic mass is 19.4. The zero-order chi connectivity index (χ0) is 28.1. The van der Waals surface area contributed by atoms with Crippen molar-refractivity contribution in [3.8, 4) is 5.75 Å². The van der Waals surface area contributed by atoms with Gasteiger partial charge >= 0.3 is 12.1 Å². The summed E-state index contributed by atoms with van der Waals surface area (Å²) < 4.78 is 48.3. The normalized spacial score (nSPS) is 12.6. The van der Waals surface area contributed by atoms with Crippen LogP contribution < -0.4 is 4.74 Å². The first-order valence-corrected chi connectivity index (χ1v) is 14.6. The number of carbonyl (C=O) groups excluding carboxylic acids is 1. The molecule has 1 aromatic rings. The van der Waals surface area contributed by atoms with Crippen molar-refractivity contribution in [1.82, 2.24) is 4.90 Å². The van der Waals surface area contributed by atoms with E-state index in [2.05, 4.69) is 11.8 Å². The van der Waals surface area contributed by atoms with Crippen molar-refractivity contribution in [3.63, 3.8) is 0 Å². The standard InChI is InChI=1S/C30H50F3NO4/c1-3-5-6-7-8-9-10-11-12-13-22-34(23-14-15-29(36)37-4-2)24-25-38-27-19-16-26(17-20-27)18-21-28(35)30(31,32)33/h16-17,19-20,28,35H,3-15,18,21-25H2,1-2H3. The van der Waals surface area contributed by atoms with E-state index in [0.29, 0.717) is 25.4 Å². The molecule has 5 nitrogen and oxygen atoms in total. The molecule has 0 aliphatic heterocycles. The number of esters is 1. The summed E-state index contributed by atoms with van der Waals surface area (Å²) in [6, 6.07) is 6.98. The van der Waals surface area contributed by atoms with Gasteiger partial charge in [-0.15, -0.1) is 0 Å². The van der Waals surface area contributed by atoms with Gasteiger partial charge in [0.05, 0.1) is 6.61 Å². The predicted octanol–water partition coefficient (Wildman–Crippen LogP) is 7.49. The van der Waals surface area contributed by atoms with E-state index in [1.54, 1.807) is 24.3 Å². The van der Waals surface area contributed by atoms with Crippen molar-refractivity contribution in [2.45, 2.75) is 116 Å². The minimum atomic E-state index is -4.58. The Morgan fingerprint density at radius 2 is 1.45 bits per heavy atom. The third-order valence-electron chi connectivity index (χ3n) is 6.67. The molecule has 0 aliphatic carbocycles. The Kier molecular flexibility index (Phi) is 19.0.